The molecule has 0 fully saturated rings. The van der Waals surface area contributed by atoms with Crippen molar-refractivity contribution in [3.05, 3.63) is 115 Å². The molecule has 6 nitrogen and oxygen atoms in total. The molecule has 0 spiro atoms. The summed E-state index contributed by atoms with van der Waals surface area (Å²) in [6.07, 6.45) is 5.82. The van der Waals surface area contributed by atoms with Crippen molar-refractivity contribution in [2.24, 2.45) is 0 Å². The van der Waals surface area contributed by atoms with Crippen LogP contribution in [0.1, 0.15) is 11.1 Å². The van der Waals surface area contributed by atoms with Crippen LogP contribution in [0.5, 0.6) is 11.5 Å². The number of esters is 3. The Morgan fingerprint density at radius 2 is 1.17 bits per heavy atom. The van der Waals surface area contributed by atoms with Crippen molar-refractivity contribution in [2.75, 3.05) is 6.61 Å². The zero-order chi connectivity index (χ0) is 25.0. The molecule has 0 aliphatic rings. The summed E-state index contributed by atoms with van der Waals surface area (Å²) in [5.41, 5.74) is 3.72. The van der Waals surface area contributed by atoms with Gasteiger partial charge in [0.25, 0.3) is 0 Å². The maximum Gasteiger partial charge on any atom is 0.336 e. The average molecular weight is 469 g/mol. The normalized spacial score (nSPS) is 10.4. The quantitative estimate of drug-likeness (QED) is 0.227. The molecule has 3 aromatic rings. The van der Waals surface area contributed by atoms with Crippen molar-refractivity contribution in [1.82, 2.24) is 0 Å². The minimum atomic E-state index is -0.506. The lowest BCUT2D eigenvalue weighted by molar-refractivity contribution is -0.137. The number of ether oxygens (including phenoxy) is 3. The summed E-state index contributed by atoms with van der Waals surface area (Å²) in [5.74, 6) is -0.594. The summed E-state index contributed by atoms with van der Waals surface area (Å²) in [7, 11) is 0. The Balaban J connectivity index is 1.51. The topological polar surface area (TPSA) is 78.9 Å². The van der Waals surface area contributed by atoms with Crippen LogP contribution in [-0.4, -0.2) is 24.5 Å². The maximum atomic E-state index is 12.2. The van der Waals surface area contributed by atoms with Gasteiger partial charge in [-0.05, 0) is 52.6 Å². The van der Waals surface area contributed by atoms with Crippen molar-refractivity contribution in [3.8, 4) is 22.6 Å². The lowest BCUT2D eigenvalue weighted by Gasteiger charge is -2.05. The van der Waals surface area contributed by atoms with Crippen LogP contribution in [0.3, 0.4) is 0 Å². The van der Waals surface area contributed by atoms with E-state index in [1.807, 2.05) is 48.5 Å². The van der Waals surface area contributed by atoms with Gasteiger partial charge in [0.1, 0.15) is 11.5 Å². The van der Waals surface area contributed by atoms with E-state index in [1.54, 1.807) is 30.3 Å². The molecule has 0 radical (unpaired) electrons. The molecular formula is C29H24O6. The number of carbonyl (C=O) groups excluding carboxylic acids is 3. The fraction of sp³-hybridized carbons (Fsp3) is 0.0690. The molecule has 0 N–H and O–H groups in total. The number of hydrogen-bond donors (Lipinski definition) is 0. The first-order valence-electron chi connectivity index (χ1n) is 10.8. The maximum absolute atomic E-state index is 12.2. The van der Waals surface area contributed by atoms with Gasteiger partial charge < -0.3 is 14.2 Å². The van der Waals surface area contributed by atoms with Gasteiger partial charge in [-0.1, -0.05) is 61.7 Å². The third-order valence-corrected chi connectivity index (χ3v) is 4.84. The molecule has 0 atom stereocenters. The van der Waals surface area contributed by atoms with Crippen molar-refractivity contribution in [1.29, 1.82) is 0 Å². The van der Waals surface area contributed by atoms with Gasteiger partial charge in [0, 0.05) is 24.6 Å². The van der Waals surface area contributed by atoms with Crippen LogP contribution in [-0.2, 0) is 25.5 Å². The van der Waals surface area contributed by atoms with Crippen molar-refractivity contribution in [2.45, 2.75) is 6.42 Å². The van der Waals surface area contributed by atoms with Crippen molar-refractivity contribution < 1.29 is 28.6 Å². The second kappa shape index (κ2) is 12.5. The molecule has 0 saturated heterocycles. The van der Waals surface area contributed by atoms with Crippen LogP contribution in [0.15, 0.2) is 104 Å². The summed E-state index contributed by atoms with van der Waals surface area (Å²) in [4.78, 5) is 34.5. The highest BCUT2D eigenvalue weighted by Gasteiger charge is 2.04. The Morgan fingerprint density at radius 3 is 1.74 bits per heavy atom. The molecule has 6 heteroatoms. The van der Waals surface area contributed by atoms with Crippen LogP contribution in [0.2, 0.25) is 0 Å². The van der Waals surface area contributed by atoms with E-state index < -0.39 is 17.9 Å². The Labute approximate surface area is 203 Å². The number of hydrogen-bond acceptors (Lipinski definition) is 6. The van der Waals surface area contributed by atoms with E-state index in [-0.39, 0.29) is 6.61 Å². The van der Waals surface area contributed by atoms with E-state index in [4.69, 9.17) is 14.2 Å². The fourth-order valence-electron chi connectivity index (χ4n) is 3.03. The summed E-state index contributed by atoms with van der Waals surface area (Å²) < 4.78 is 15.3. The summed E-state index contributed by atoms with van der Waals surface area (Å²) >= 11 is 0. The van der Waals surface area contributed by atoms with Crippen LogP contribution >= 0.6 is 0 Å². The minimum absolute atomic E-state index is 0.252. The zero-order valence-corrected chi connectivity index (χ0v) is 19.0. The lowest BCUT2D eigenvalue weighted by atomic mass is 10.0. The van der Waals surface area contributed by atoms with E-state index in [1.165, 1.54) is 6.08 Å². The first kappa shape index (κ1) is 24.9. The SMILES string of the molecule is C=CC(=O)OCCc1ccc(OC(=O)/C=C/c2ccc(-c3ccc(OC(=O)C=C)cc3)cc2)cc1. The first-order valence-corrected chi connectivity index (χ1v) is 10.8. The first-order chi connectivity index (χ1) is 17.0. The van der Waals surface area contributed by atoms with Gasteiger partial charge in [0.2, 0.25) is 0 Å². The minimum Gasteiger partial charge on any atom is -0.462 e. The highest BCUT2D eigenvalue weighted by molar-refractivity contribution is 5.89. The average Bonchev–Trinajstić information content (AvgIpc) is 2.89. The third kappa shape index (κ3) is 7.98. The van der Waals surface area contributed by atoms with Gasteiger partial charge in [0.05, 0.1) is 6.61 Å². The van der Waals surface area contributed by atoms with Gasteiger partial charge >= 0.3 is 17.9 Å². The second-order valence-electron chi connectivity index (χ2n) is 7.29. The monoisotopic (exact) mass is 468 g/mol. The van der Waals surface area contributed by atoms with Gasteiger partial charge in [-0.3, -0.25) is 0 Å². The number of rotatable bonds is 10. The second-order valence-corrected chi connectivity index (χ2v) is 7.29. The van der Waals surface area contributed by atoms with Crippen LogP contribution < -0.4 is 9.47 Å². The molecule has 0 saturated carbocycles. The Hall–Kier alpha value is -4.71. The van der Waals surface area contributed by atoms with E-state index in [2.05, 4.69) is 13.2 Å². The molecule has 0 unspecified atom stereocenters. The Kier molecular flexibility index (Phi) is 8.91. The smallest absolute Gasteiger partial charge is 0.336 e. The standard InChI is InChI=1S/C29H24O6/c1-3-27(30)33-20-19-22-7-14-25(15-8-22)35-29(32)18-9-21-5-10-23(11-6-21)24-12-16-26(17-13-24)34-28(31)4-2/h3-18H,1-2,19-20H2/b18-9+. The van der Waals surface area contributed by atoms with E-state index in [0.29, 0.717) is 17.9 Å². The predicted molar refractivity (Wildman–Crippen MR) is 134 cm³/mol. The van der Waals surface area contributed by atoms with Crippen molar-refractivity contribution >= 4 is 24.0 Å². The molecule has 0 aliphatic carbocycles. The van der Waals surface area contributed by atoms with Crippen LogP contribution in [0.4, 0.5) is 0 Å². The molecule has 176 valence electrons. The zero-order valence-electron chi connectivity index (χ0n) is 19.0. The summed E-state index contributed by atoms with van der Waals surface area (Å²) in [5, 5.41) is 0. The summed E-state index contributed by atoms with van der Waals surface area (Å²) in [6, 6.07) is 21.8. The van der Waals surface area contributed by atoms with Gasteiger partial charge in [0.15, 0.2) is 0 Å². The van der Waals surface area contributed by atoms with Gasteiger partial charge in [-0.2, -0.15) is 0 Å². The van der Waals surface area contributed by atoms with Crippen LogP contribution in [0.25, 0.3) is 17.2 Å². The Bertz CT molecular complexity index is 1220. The molecule has 0 bridgehead atoms. The molecule has 0 aliphatic heterocycles. The number of benzene rings is 3. The highest BCUT2D eigenvalue weighted by atomic mass is 16.5. The fourth-order valence-corrected chi connectivity index (χ4v) is 3.03. The van der Waals surface area contributed by atoms with E-state index in [0.717, 1.165) is 34.4 Å². The Morgan fingerprint density at radius 1 is 0.657 bits per heavy atom. The highest BCUT2D eigenvalue weighted by Crippen LogP contribution is 2.23. The summed E-state index contributed by atoms with van der Waals surface area (Å²) in [6.45, 7) is 6.97. The third-order valence-electron chi connectivity index (χ3n) is 4.84. The molecule has 3 aromatic carbocycles. The van der Waals surface area contributed by atoms with E-state index in [9.17, 15) is 14.4 Å². The molecule has 0 aromatic heterocycles. The largest absolute Gasteiger partial charge is 0.462 e. The van der Waals surface area contributed by atoms with Gasteiger partial charge in [-0.15, -0.1) is 0 Å². The lowest BCUT2D eigenvalue weighted by Crippen LogP contribution is -2.05. The van der Waals surface area contributed by atoms with Crippen LogP contribution in [0, 0.1) is 0 Å². The van der Waals surface area contributed by atoms with Crippen molar-refractivity contribution in [3.63, 3.8) is 0 Å². The molecule has 0 heterocycles. The number of carbonyl (C=O) groups is 3. The molecular weight excluding hydrogens is 444 g/mol. The predicted octanol–water partition coefficient (Wildman–Crippen LogP) is 5.34. The van der Waals surface area contributed by atoms with E-state index >= 15 is 0 Å². The molecule has 35 heavy (non-hydrogen) atoms. The van der Waals surface area contributed by atoms with Gasteiger partial charge in [-0.25, -0.2) is 14.4 Å². The molecule has 3 rings (SSSR count). The molecule has 0 amide bonds.